The van der Waals surface area contributed by atoms with Gasteiger partial charge in [0.25, 0.3) is 0 Å². The summed E-state index contributed by atoms with van der Waals surface area (Å²) in [5.74, 6) is -0.113. The maximum absolute atomic E-state index is 13.0. The number of amides is 3. The third kappa shape index (κ3) is 5.66. The van der Waals surface area contributed by atoms with E-state index in [0.29, 0.717) is 24.2 Å². The van der Waals surface area contributed by atoms with Gasteiger partial charge in [-0.3, -0.25) is 14.5 Å². The zero-order chi connectivity index (χ0) is 23.3. The van der Waals surface area contributed by atoms with E-state index >= 15 is 0 Å². The first-order chi connectivity index (χ1) is 15.3. The predicted molar refractivity (Wildman–Crippen MR) is 123 cm³/mol. The smallest absolute Gasteiger partial charge is 0.411 e. The van der Waals surface area contributed by atoms with Gasteiger partial charge in [0, 0.05) is 18.7 Å². The Morgan fingerprint density at radius 3 is 2.50 bits per heavy atom. The van der Waals surface area contributed by atoms with E-state index in [1.54, 1.807) is 24.3 Å². The summed E-state index contributed by atoms with van der Waals surface area (Å²) in [4.78, 5) is 39.4. The molecule has 2 unspecified atom stereocenters. The molecule has 1 fully saturated rings. The SMILES string of the molecule is CCNC(=O)C1C(c2cccc(NC(=O)CC(C)C)c2)OC(=O)N1Cc1ccc(C)cc1. The molecule has 7 heteroatoms. The molecule has 3 rings (SSSR count). The Labute approximate surface area is 189 Å². The van der Waals surface area contributed by atoms with Gasteiger partial charge in [0.2, 0.25) is 11.8 Å². The molecule has 2 atom stereocenters. The number of carbonyl (C=O) groups excluding carboxylic acids is 3. The number of likely N-dealkylation sites (N-methyl/N-ethyl adjacent to an activating group) is 1. The molecule has 1 heterocycles. The first-order valence-electron chi connectivity index (χ1n) is 11.0. The van der Waals surface area contributed by atoms with E-state index < -0.39 is 18.2 Å². The van der Waals surface area contributed by atoms with Crippen LogP contribution in [-0.2, 0) is 20.9 Å². The van der Waals surface area contributed by atoms with E-state index in [2.05, 4.69) is 10.6 Å². The first kappa shape index (κ1) is 23.3. The Hall–Kier alpha value is -3.35. The van der Waals surface area contributed by atoms with Crippen LogP contribution in [-0.4, -0.2) is 35.4 Å². The molecular formula is C25H31N3O4. The minimum atomic E-state index is -0.814. The van der Waals surface area contributed by atoms with Gasteiger partial charge in [0.1, 0.15) is 0 Å². The van der Waals surface area contributed by atoms with Crippen LogP contribution in [0.25, 0.3) is 0 Å². The molecule has 7 nitrogen and oxygen atoms in total. The molecule has 0 aromatic heterocycles. The average molecular weight is 438 g/mol. The summed E-state index contributed by atoms with van der Waals surface area (Å²) in [6, 6.07) is 14.1. The summed E-state index contributed by atoms with van der Waals surface area (Å²) in [7, 11) is 0. The van der Waals surface area contributed by atoms with Gasteiger partial charge in [-0.2, -0.15) is 0 Å². The molecule has 1 saturated heterocycles. The Balaban J connectivity index is 1.86. The molecular weight excluding hydrogens is 406 g/mol. The number of cyclic esters (lactones) is 1. The summed E-state index contributed by atoms with van der Waals surface area (Å²) in [6.07, 6.45) is -0.906. The normalized spacial score (nSPS) is 17.9. The van der Waals surface area contributed by atoms with Crippen molar-refractivity contribution in [1.82, 2.24) is 10.2 Å². The number of benzene rings is 2. The second-order valence-corrected chi connectivity index (χ2v) is 8.53. The van der Waals surface area contributed by atoms with Crippen LogP contribution in [0.15, 0.2) is 48.5 Å². The van der Waals surface area contributed by atoms with Crippen molar-refractivity contribution in [3.05, 3.63) is 65.2 Å². The topological polar surface area (TPSA) is 87.7 Å². The van der Waals surface area contributed by atoms with Gasteiger partial charge in [-0.15, -0.1) is 0 Å². The number of nitrogens with zero attached hydrogens (tertiary/aromatic N) is 1. The Morgan fingerprint density at radius 2 is 1.84 bits per heavy atom. The summed E-state index contributed by atoms with van der Waals surface area (Å²) in [5, 5.41) is 5.70. The molecule has 2 N–H and O–H groups in total. The molecule has 1 aliphatic heterocycles. The van der Waals surface area contributed by atoms with E-state index in [0.717, 1.165) is 11.1 Å². The Bertz CT molecular complexity index is 971. The number of hydrogen-bond acceptors (Lipinski definition) is 4. The van der Waals surface area contributed by atoms with Crippen molar-refractivity contribution in [1.29, 1.82) is 0 Å². The lowest BCUT2D eigenvalue weighted by molar-refractivity contribution is -0.126. The average Bonchev–Trinajstić information content (AvgIpc) is 3.05. The van der Waals surface area contributed by atoms with Crippen LogP contribution in [0.1, 0.15) is 50.0 Å². The van der Waals surface area contributed by atoms with Gasteiger partial charge in [-0.25, -0.2) is 4.79 Å². The molecule has 3 amide bonds. The first-order valence-corrected chi connectivity index (χ1v) is 11.0. The number of hydrogen-bond donors (Lipinski definition) is 2. The highest BCUT2D eigenvalue weighted by molar-refractivity contribution is 5.91. The number of ether oxygens (including phenoxy) is 1. The monoisotopic (exact) mass is 437 g/mol. The van der Waals surface area contributed by atoms with Crippen LogP contribution >= 0.6 is 0 Å². The van der Waals surface area contributed by atoms with Crippen LogP contribution in [0.5, 0.6) is 0 Å². The number of aryl methyl sites for hydroxylation is 1. The lowest BCUT2D eigenvalue weighted by Crippen LogP contribution is -2.46. The second-order valence-electron chi connectivity index (χ2n) is 8.53. The molecule has 0 aliphatic carbocycles. The van der Waals surface area contributed by atoms with E-state index in [1.165, 1.54) is 4.90 Å². The van der Waals surface area contributed by atoms with Crippen LogP contribution in [0.4, 0.5) is 10.5 Å². The Morgan fingerprint density at radius 1 is 1.12 bits per heavy atom. The predicted octanol–water partition coefficient (Wildman–Crippen LogP) is 4.18. The molecule has 0 radical (unpaired) electrons. The quantitative estimate of drug-likeness (QED) is 0.649. The summed E-state index contributed by atoms with van der Waals surface area (Å²) < 4.78 is 5.67. The van der Waals surface area contributed by atoms with Gasteiger partial charge in [0.05, 0.1) is 6.54 Å². The molecule has 2 aromatic rings. The minimum absolute atomic E-state index is 0.0816. The highest BCUT2D eigenvalue weighted by atomic mass is 16.6. The maximum atomic E-state index is 13.0. The Kier molecular flexibility index (Phi) is 7.51. The van der Waals surface area contributed by atoms with Gasteiger partial charge < -0.3 is 15.4 Å². The van der Waals surface area contributed by atoms with Gasteiger partial charge >= 0.3 is 6.09 Å². The van der Waals surface area contributed by atoms with Gasteiger partial charge in [0.15, 0.2) is 12.1 Å². The van der Waals surface area contributed by atoms with Crippen molar-refractivity contribution in [2.45, 2.75) is 52.8 Å². The highest BCUT2D eigenvalue weighted by Crippen LogP contribution is 2.35. The highest BCUT2D eigenvalue weighted by Gasteiger charge is 2.46. The van der Waals surface area contributed by atoms with E-state index in [-0.39, 0.29) is 24.3 Å². The standard InChI is InChI=1S/C25H31N3O4/c1-5-26-24(30)22-23(19-7-6-8-20(14-19)27-21(29)13-16(2)3)32-25(31)28(22)15-18-11-9-17(4)10-12-18/h6-12,14,16,22-23H,5,13,15H2,1-4H3,(H,26,30)(H,27,29). The molecule has 0 saturated carbocycles. The van der Waals surface area contributed by atoms with Crippen LogP contribution < -0.4 is 10.6 Å². The fourth-order valence-corrected chi connectivity index (χ4v) is 3.76. The largest absolute Gasteiger partial charge is 0.438 e. The zero-order valence-electron chi connectivity index (χ0n) is 19.1. The third-order valence-electron chi connectivity index (χ3n) is 5.27. The molecule has 170 valence electrons. The second kappa shape index (κ2) is 10.3. The van der Waals surface area contributed by atoms with Crippen molar-refractivity contribution >= 4 is 23.6 Å². The fraction of sp³-hybridized carbons (Fsp3) is 0.400. The van der Waals surface area contributed by atoms with Crippen LogP contribution in [0.2, 0.25) is 0 Å². The molecule has 0 bridgehead atoms. The molecule has 1 aliphatic rings. The summed E-state index contributed by atoms with van der Waals surface area (Å²) >= 11 is 0. The van der Waals surface area contributed by atoms with E-state index in [1.807, 2.05) is 52.0 Å². The maximum Gasteiger partial charge on any atom is 0.411 e. The summed E-state index contributed by atoms with van der Waals surface area (Å²) in [5.41, 5.74) is 3.30. The third-order valence-corrected chi connectivity index (χ3v) is 5.27. The van der Waals surface area contributed by atoms with E-state index in [4.69, 9.17) is 4.74 Å². The molecule has 0 spiro atoms. The number of carbonyl (C=O) groups is 3. The van der Waals surface area contributed by atoms with Crippen molar-refractivity contribution in [3.8, 4) is 0 Å². The molecule has 2 aromatic carbocycles. The van der Waals surface area contributed by atoms with Crippen molar-refractivity contribution in [2.75, 3.05) is 11.9 Å². The summed E-state index contributed by atoms with van der Waals surface area (Å²) in [6.45, 7) is 8.50. The van der Waals surface area contributed by atoms with E-state index in [9.17, 15) is 14.4 Å². The van der Waals surface area contributed by atoms with Gasteiger partial charge in [-0.05, 0) is 43.0 Å². The number of rotatable bonds is 8. The molecule has 32 heavy (non-hydrogen) atoms. The van der Waals surface area contributed by atoms with Crippen molar-refractivity contribution in [3.63, 3.8) is 0 Å². The van der Waals surface area contributed by atoms with Crippen molar-refractivity contribution in [2.24, 2.45) is 5.92 Å². The van der Waals surface area contributed by atoms with Gasteiger partial charge in [-0.1, -0.05) is 55.8 Å². The van der Waals surface area contributed by atoms with Crippen LogP contribution in [0, 0.1) is 12.8 Å². The lowest BCUT2D eigenvalue weighted by atomic mass is 10.00. The van der Waals surface area contributed by atoms with Crippen molar-refractivity contribution < 1.29 is 19.1 Å². The number of anilines is 1. The lowest BCUT2D eigenvalue weighted by Gasteiger charge is -2.24. The fourth-order valence-electron chi connectivity index (χ4n) is 3.76. The number of nitrogens with one attached hydrogen (secondary N) is 2. The zero-order valence-corrected chi connectivity index (χ0v) is 19.1. The van der Waals surface area contributed by atoms with Crippen LogP contribution in [0.3, 0.4) is 0 Å². The minimum Gasteiger partial charge on any atom is -0.438 e.